The Kier molecular flexibility index (Phi) is 26.3. The van der Waals surface area contributed by atoms with Crippen molar-refractivity contribution in [2.45, 2.75) is 174 Å². The van der Waals surface area contributed by atoms with Gasteiger partial charge in [-0.15, -0.1) is 0 Å². The number of nitrogens with zero attached hydrogens (tertiary/aromatic N) is 3. The maximum absolute atomic E-state index is 13.3. The van der Waals surface area contributed by atoms with Crippen molar-refractivity contribution in [3.63, 3.8) is 0 Å². The van der Waals surface area contributed by atoms with Crippen molar-refractivity contribution in [2.75, 3.05) is 17.3 Å². The Bertz CT molecular complexity index is 796. The van der Waals surface area contributed by atoms with Gasteiger partial charge in [0.15, 0.2) is 0 Å². The van der Waals surface area contributed by atoms with Crippen molar-refractivity contribution in [1.29, 1.82) is 0 Å². The summed E-state index contributed by atoms with van der Waals surface area (Å²) in [5.74, 6) is 2.88. The van der Waals surface area contributed by atoms with Crippen LogP contribution in [0.1, 0.15) is 154 Å². The molecule has 6 nitrogen and oxygen atoms in total. The zero-order valence-electron chi connectivity index (χ0n) is 26.6. The molecule has 0 saturated heterocycles. The first-order valence-electron chi connectivity index (χ1n) is 17.4. The van der Waals surface area contributed by atoms with E-state index in [2.05, 4.69) is 37.9 Å². The number of thiol groups is 3. The third-order valence-electron chi connectivity index (χ3n) is 8.25. The number of hydrogen-bond acceptors (Lipinski definition) is 6. The topological polar surface area (TPSA) is 66.0 Å². The molecule has 1 rings (SSSR count). The highest BCUT2D eigenvalue weighted by Crippen LogP contribution is 2.11. The smallest absolute Gasteiger partial charge is 0.247 e. The predicted molar refractivity (Wildman–Crippen MR) is 192 cm³/mol. The summed E-state index contributed by atoms with van der Waals surface area (Å²) in [6.07, 6.45) is 27.0. The van der Waals surface area contributed by atoms with Crippen molar-refractivity contribution in [3.8, 4) is 0 Å². The lowest BCUT2D eigenvalue weighted by atomic mass is 10.1. The summed E-state index contributed by atoms with van der Waals surface area (Å²) in [6, 6.07) is 0. The third kappa shape index (κ3) is 18.3. The van der Waals surface area contributed by atoms with Gasteiger partial charge in [0.25, 0.3) is 0 Å². The molecule has 0 fully saturated rings. The molecule has 1 aromatic rings. The molecule has 0 radical (unpaired) electrons. The van der Waals surface area contributed by atoms with Crippen LogP contribution in [0, 0.1) is 0 Å². The predicted octanol–water partition coefficient (Wildman–Crippen LogP) is 8.32. The van der Waals surface area contributed by atoms with Gasteiger partial charge in [-0.2, -0.15) is 37.9 Å². The number of aromatic nitrogens is 3. The summed E-state index contributed by atoms with van der Waals surface area (Å²) in [4.78, 5) is 39.9. The Morgan fingerprint density at radius 3 is 0.643 bits per heavy atom. The average molecular weight is 646 g/mol. The largest absolute Gasteiger partial charge is 0.336 e. The standard InChI is InChI=1S/C33H63N3O3S3/c37-31-34(25-19-13-7-1-4-10-16-22-28-40)32(38)36(27-21-15-9-3-6-12-18-24-30-42)33(39)35(31)26-20-14-8-2-5-11-17-23-29-41/h40-42H,1-30H2. The van der Waals surface area contributed by atoms with Crippen LogP contribution in [-0.4, -0.2) is 31.0 Å². The Morgan fingerprint density at radius 1 is 0.286 bits per heavy atom. The number of unbranched alkanes of at least 4 members (excludes halogenated alkanes) is 21. The summed E-state index contributed by atoms with van der Waals surface area (Å²) in [6.45, 7) is 1.20. The summed E-state index contributed by atoms with van der Waals surface area (Å²) in [7, 11) is 0. The van der Waals surface area contributed by atoms with Crippen LogP contribution in [0.15, 0.2) is 14.4 Å². The third-order valence-corrected chi connectivity index (χ3v) is 9.20. The molecular formula is C33H63N3O3S3. The minimum Gasteiger partial charge on any atom is -0.247 e. The highest BCUT2D eigenvalue weighted by atomic mass is 32.1. The molecule has 246 valence electrons. The molecule has 0 aromatic carbocycles. The summed E-state index contributed by atoms with van der Waals surface area (Å²) in [5.41, 5.74) is -1.25. The van der Waals surface area contributed by atoms with Crippen molar-refractivity contribution in [1.82, 2.24) is 13.7 Å². The molecule has 1 aromatic heterocycles. The average Bonchev–Trinajstić information content (AvgIpc) is 2.99. The van der Waals surface area contributed by atoms with Crippen molar-refractivity contribution in [3.05, 3.63) is 31.5 Å². The van der Waals surface area contributed by atoms with Crippen LogP contribution >= 0.6 is 37.9 Å². The van der Waals surface area contributed by atoms with Gasteiger partial charge >= 0.3 is 17.1 Å². The lowest BCUT2D eigenvalue weighted by molar-refractivity contribution is 0.410. The molecule has 0 atom stereocenters. The van der Waals surface area contributed by atoms with Gasteiger partial charge in [0, 0.05) is 19.6 Å². The lowest BCUT2D eigenvalue weighted by Crippen LogP contribution is -2.54. The van der Waals surface area contributed by atoms with Crippen LogP contribution in [-0.2, 0) is 19.6 Å². The SMILES string of the molecule is O=c1n(CCCCCCCCCCS)c(=O)n(CCCCCCCCCCS)c(=O)n1CCCCCCCCCCS. The first kappa shape index (κ1) is 39.5. The molecule has 0 saturated carbocycles. The molecule has 0 amide bonds. The Balaban J connectivity index is 2.70. The molecule has 0 aliphatic rings. The second-order valence-corrected chi connectivity index (χ2v) is 13.3. The van der Waals surface area contributed by atoms with Crippen LogP contribution in [0.5, 0.6) is 0 Å². The highest BCUT2D eigenvalue weighted by molar-refractivity contribution is 7.80. The molecule has 1 heterocycles. The van der Waals surface area contributed by atoms with E-state index in [9.17, 15) is 14.4 Å². The fraction of sp³-hybridized carbons (Fsp3) is 0.909. The maximum Gasteiger partial charge on any atom is 0.336 e. The minimum absolute atomic E-state index is 0.399. The number of hydrogen-bond donors (Lipinski definition) is 3. The van der Waals surface area contributed by atoms with Crippen LogP contribution in [0.3, 0.4) is 0 Å². The van der Waals surface area contributed by atoms with Crippen molar-refractivity contribution in [2.24, 2.45) is 0 Å². The van der Waals surface area contributed by atoms with Gasteiger partial charge in [0.2, 0.25) is 0 Å². The van der Waals surface area contributed by atoms with E-state index in [0.29, 0.717) is 19.6 Å². The second-order valence-electron chi connectivity index (χ2n) is 12.0. The van der Waals surface area contributed by atoms with Crippen LogP contribution in [0.4, 0.5) is 0 Å². The zero-order valence-corrected chi connectivity index (χ0v) is 29.3. The summed E-state index contributed by atoms with van der Waals surface area (Å²) in [5, 5.41) is 0. The monoisotopic (exact) mass is 645 g/mol. The molecule has 0 aliphatic heterocycles. The second kappa shape index (κ2) is 28.0. The summed E-state index contributed by atoms with van der Waals surface area (Å²) < 4.78 is 4.03. The van der Waals surface area contributed by atoms with E-state index in [1.54, 1.807) is 0 Å². The maximum atomic E-state index is 13.3. The van der Waals surface area contributed by atoms with E-state index in [0.717, 1.165) is 75.0 Å². The molecule has 42 heavy (non-hydrogen) atoms. The molecule has 0 N–H and O–H groups in total. The van der Waals surface area contributed by atoms with Gasteiger partial charge < -0.3 is 0 Å². The first-order valence-corrected chi connectivity index (χ1v) is 19.2. The van der Waals surface area contributed by atoms with Gasteiger partial charge in [0.05, 0.1) is 0 Å². The molecule has 0 aliphatic carbocycles. The van der Waals surface area contributed by atoms with Crippen LogP contribution in [0.2, 0.25) is 0 Å². The van der Waals surface area contributed by atoms with Crippen LogP contribution < -0.4 is 17.1 Å². The van der Waals surface area contributed by atoms with E-state index in [1.807, 2.05) is 0 Å². The van der Waals surface area contributed by atoms with E-state index < -0.39 is 17.1 Å². The first-order chi connectivity index (χ1) is 20.6. The van der Waals surface area contributed by atoms with E-state index in [-0.39, 0.29) is 0 Å². The zero-order chi connectivity index (χ0) is 30.7. The molecular weight excluding hydrogens is 583 g/mol. The van der Waals surface area contributed by atoms with Crippen LogP contribution in [0.25, 0.3) is 0 Å². The Morgan fingerprint density at radius 2 is 0.452 bits per heavy atom. The number of rotatable bonds is 30. The van der Waals surface area contributed by atoms with Crippen molar-refractivity contribution >= 4 is 37.9 Å². The van der Waals surface area contributed by atoms with Gasteiger partial charge in [-0.3, -0.25) is 0 Å². The van der Waals surface area contributed by atoms with E-state index in [1.165, 1.54) is 110 Å². The molecule has 9 heteroatoms. The minimum atomic E-state index is -0.416. The van der Waals surface area contributed by atoms with E-state index >= 15 is 0 Å². The van der Waals surface area contributed by atoms with Gasteiger partial charge in [-0.1, -0.05) is 116 Å². The normalized spacial score (nSPS) is 11.5. The lowest BCUT2D eigenvalue weighted by Gasteiger charge is -2.14. The van der Waals surface area contributed by atoms with Gasteiger partial charge in [0.1, 0.15) is 0 Å². The van der Waals surface area contributed by atoms with Gasteiger partial charge in [-0.25, -0.2) is 28.1 Å². The Hall–Kier alpha value is -0.540. The van der Waals surface area contributed by atoms with E-state index in [4.69, 9.17) is 0 Å². The highest BCUT2D eigenvalue weighted by Gasteiger charge is 2.15. The fourth-order valence-corrected chi connectivity index (χ4v) is 6.25. The Labute approximate surface area is 273 Å². The molecule has 0 unspecified atom stereocenters. The summed E-state index contributed by atoms with van der Waals surface area (Å²) >= 11 is 12.8. The fourth-order valence-electron chi connectivity index (χ4n) is 5.58. The van der Waals surface area contributed by atoms with Gasteiger partial charge in [-0.05, 0) is 55.8 Å². The molecule has 0 spiro atoms. The quantitative estimate of drug-likeness (QED) is 0.0582. The van der Waals surface area contributed by atoms with Crippen molar-refractivity contribution < 1.29 is 0 Å². The molecule has 0 bridgehead atoms.